The third kappa shape index (κ3) is 2.80. The standard InChI is InChI=1S/C15H17NO2S/c17-15(18)11-5-7-16(8-6-11)10-13-9-12-3-1-2-4-14(12)19-13/h1-4,9,11H,5-8,10H2,(H,17,18). The van der Waals surface area contributed by atoms with Crippen molar-refractivity contribution in [1.29, 1.82) is 0 Å². The van der Waals surface area contributed by atoms with Crippen LogP contribution in [0.1, 0.15) is 17.7 Å². The third-order valence-corrected chi connectivity index (χ3v) is 4.89. The maximum absolute atomic E-state index is 10.9. The third-order valence-electron chi connectivity index (χ3n) is 3.79. The lowest BCUT2D eigenvalue weighted by Crippen LogP contribution is -2.35. The number of hydrogen-bond donors (Lipinski definition) is 1. The topological polar surface area (TPSA) is 40.5 Å². The number of carboxylic acids is 1. The molecule has 0 atom stereocenters. The Hall–Kier alpha value is -1.39. The molecule has 0 bridgehead atoms. The van der Waals surface area contributed by atoms with E-state index in [1.165, 1.54) is 15.0 Å². The van der Waals surface area contributed by atoms with E-state index in [9.17, 15) is 4.79 Å². The molecule has 0 saturated carbocycles. The van der Waals surface area contributed by atoms with Gasteiger partial charge in [0.1, 0.15) is 0 Å². The lowest BCUT2D eigenvalue weighted by Gasteiger charge is -2.29. The number of thiophene rings is 1. The summed E-state index contributed by atoms with van der Waals surface area (Å²) in [5.74, 6) is -0.778. The minimum Gasteiger partial charge on any atom is -0.481 e. The molecule has 4 heteroatoms. The summed E-state index contributed by atoms with van der Waals surface area (Å²) in [7, 11) is 0. The molecule has 0 aliphatic carbocycles. The fourth-order valence-electron chi connectivity index (χ4n) is 2.67. The Morgan fingerprint density at radius 3 is 2.74 bits per heavy atom. The number of carboxylic acid groups (broad SMARTS) is 1. The molecule has 1 N–H and O–H groups in total. The maximum Gasteiger partial charge on any atom is 0.306 e. The molecule has 1 aliphatic rings. The van der Waals surface area contributed by atoms with Crippen LogP contribution >= 0.6 is 11.3 Å². The SMILES string of the molecule is O=C(O)C1CCN(Cc2cc3ccccc3s2)CC1. The number of hydrogen-bond acceptors (Lipinski definition) is 3. The Bertz CT molecular complexity index is 552. The van der Waals surface area contributed by atoms with E-state index in [2.05, 4.69) is 35.2 Å². The van der Waals surface area contributed by atoms with Crippen molar-refractivity contribution >= 4 is 27.4 Å². The van der Waals surface area contributed by atoms with Gasteiger partial charge < -0.3 is 5.11 Å². The van der Waals surface area contributed by atoms with E-state index in [4.69, 9.17) is 5.11 Å². The molecule has 0 unspecified atom stereocenters. The lowest BCUT2D eigenvalue weighted by atomic mass is 9.97. The molecular formula is C15H17NO2S. The number of likely N-dealkylation sites (tertiary alicyclic amines) is 1. The molecule has 0 spiro atoms. The predicted molar refractivity (Wildman–Crippen MR) is 77.5 cm³/mol. The van der Waals surface area contributed by atoms with Gasteiger partial charge in [-0.05, 0) is 43.5 Å². The number of fused-ring (bicyclic) bond motifs is 1. The lowest BCUT2D eigenvalue weighted by molar-refractivity contribution is -0.143. The molecule has 1 aromatic carbocycles. The van der Waals surface area contributed by atoms with Crippen molar-refractivity contribution in [1.82, 2.24) is 4.90 Å². The highest BCUT2D eigenvalue weighted by molar-refractivity contribution is 7.19. The Morgan fingerprint density at radius 1 is 1.32 bits per heavy atom. The second-order valence-corrected chi connectivity index (χ2v) is 6.31. The monoisotopic (exact) mass is 275 g/mol. The van der Waals surface area contributed by atoms with Crippen molar-refractivity contribution < 1.29 is 9.90 Å². The highest BCUT2D eigenvalue weighted by atomic mass is 32.1. The van der Waals surface area contributed by atoms with Gasteiger partial charge in [0.2, 0.25) is 0 Å². The van der Waals surface area contributed by atoms with E-state index in [0.29, 0.717) is 0 Å². The summed E-state index contributed by atoms with van der Waals surface area (Å²) >= 11 is 1.84. The molecule has 1 fully saturated rings. The number of nitrogens with zero attached hydrogens (tertiary/aromatic N) is 1. The molecule has 1 aliphatic heterocycles. The molecule has 19 heavy (non-hydrogen) atoms. The van der Waals surface area contributed by atoms with Gasteiger partial charge in [-0.1, -0.05) is 18.2 Å². The molecule has 3 rings (SSSR count). The van der Waals surface area contributed by atoms with Crippen LogP contribution in [0, 0.1) is 5.92 Å². The first-order valence-corrected chi connectivity index (χ1v) is 7.46. The summed E-state index contributed by atoms with van der Waals surface area (Å²) in [4.78, 5) is 14.7. The van der Waals surface area contributed by atoms with Gasteiger partial charge in [-0.15, -0.1) is 11.3 Å². The largest absolute Gasteiger partial charge is 0.481 e. The zero-order valence-electron chi connectivity index (χ0n) is 10.7. The molecule has 3 nitrogen and oxygen atoms in total. The average Bonchev–Trinajstić information content (AvgIpc) is 2.81. The molecule has 2 heterocycles. The number of carbonyl (C=O) groups is 1. The molecule has 2 aromatic rings. The summed E-state index contributed by atoms with van der Waals surface area (Å²) < 4.78 is 1.33. The van der Waals surface area contributed by atoms with Crippen LogP contribution in [0.15, 0.2) is 30.3 Å². The van der Waals surface area contributed by atoms with Crippen molar-refractivity contribution in [2.45, 2.75) is 19.4 Å². The first-order valence-electron chi connectivity index (χ1n) is 6.65. The van der Waals surface area contributed by atoms with Crippen LogP contribution in [-0.4, -0.2) is 29.1 Å². The van der Waals surface area contributed by atoms with Crippen LogP contribution in [0.3, 0.4) is 0 Å². The quantitative estimate of drug-likeness (QED) is 0.935. The predicted octanol–water partition coefficient (Wildman–Crippen LogP) is 3.20. The Balaban J connectivity index is 1.64. The van der Waals surface area contributed by atoms with Gasteiger partial charge in [-0.3, -0.25) is 9.69 Å². The first kappa shape index (κ1) is 12.6. The smallest absolute Gasteiger partial charge is 0.306 e. The Labute approximate surface area is 116 Å². The van der Waals surface area contributed by atoms with E-state index < -0.39 is 5.97 Å². The Morgan fingerprint density at radius 2 is 2.05 bits per heavy atom. The van der Waals surface area contributed by atoms with Gasteiger partial charge in [-0.25, -0.2) is 0 Å². The second-order valence-electron chi connectivity index (χ2n) is 5.14. The molecule has 100 valence electrons. The van der Waals surface area contributed by atoms with Crippen LogP contribution in [0.5, 0.6) is 0 Å². The van der Waals surface area contributed by atoms with Crippen molar-refractivity contribution in [3.63, 3.8) is 0 Å². The Kier molecular flexibility index (Phi) is 3.53. The fraction of sp³-hybridized carbons (Fsp3) is 0.400. The van der Waals surface area contributed by atoms with E-state index in [1.54, 1.807) is 0 Å². The van der Waals surface area contributed by atoms with Gasteiger partial charge in [0.15, 0.2) is 0 Å². The maximum atomic E-state index is 10.9. The molecule has 1 aromatic heterocycles. The summed E-state index contributed by atoms with van der Waals surface area (Å²) in [6, 6.07) is 10.7. The second kappa shape index (κ2) is 5.31. The number of rotatable bonds is 3. The minimum absolute atomic E-state index is 0.140. The molecule has 1 saturated heterocycles. The molecule has 0 amide bonds. The van der Waals surface area contributed by atoms with Crippen LogP contribution in [-0.2, 0) is 11.3 Å². The fourth-order valence-corrected chi connectivity index (χ4v) is 3.78. The van der Waals surface area contributed by atoms with E-state index in [1.807, 2.05) is 11.3 Å². The van der Waals surface area contributed by atoms with Gasteiger partial charge in [0, 0.05) is 16.1 Å². The highest BCUT2D eigenvalue weighted by Gasteiger charge is 2.24. The normalized spacial score (nSPS) is 17.9. The molecular weight excluding hydrogens is 258 g/mol. The van der Waals surface area contributed by atoms with E-state index in [-0.39, 0.29) is 5.92 Å². The minimum atomic E-state index is -0.637. The van der Waals surface area contributed by atoms with Crippen molar-refractivity contribution in [2.24, 2.45) is 5.92 Å². The van der Waals surface area contributed by atoms with Gasteiger partial charge >= 0.3 is 5.97 Å². The highest BCUT2D eigenvalue weighted by Crippen LogP contribution is 2.27. The number of piperidine rings is 1. The summed E-state index contributed by atoms with van der Waals surface area (Å²) in [6.45, 7) is 2.74. The van der Waals surface area contributed by atoms with Crippen LogP contribution in [0.4, 0.5) is 0 Å². The summed E-state index contributed by atoms with van der Waals surface area (Å²) in [5, 5.41) is 10.3. The van der Waals surface area contributed by atoms with E-state index >= 15 is 0 Å². The first-order chi connectivity index (χ1) is 9.22. The van der Waals surface area contributed by atoms with Gasteiger partial charge in [-0.2, -0.15) is 0 Å². The number of aliphatic carboxylic acids is 1. The number of benzene rings is 1. The molecule has 0 radical (unpaired) electrons. The summed E-state index contributed by atoms with van der Waals surface area (Å²) in [6.07, 6.45) is 1.56. The van der Waals surface area contributed by atoms with Gasteiger partial charge in [0.25, 0.3) is 0 Å². The summed E-state index contributed by atoms with van der Waals surface area (Å²) in [5.41, 5.74) is 0. The zero-order valence-corrected chi connectivity index (χ0v) is 11.5. The van der Waals surface area contributed by atoms with Crippen molar-refractivity contribution in [2.75, 3.05) is 13.1 Å². The van der Waals surface area contributed by atoms with Crippen LogP contribution in [0.25, 0.3) is 10.1 Å². The zero-order chi connectivity index (χ0) is 13.2. The van der Waals surface area contributed by atoms with Crippen LogP contribution in [0.2, 0.25) is 0 Å². The van der Waals surface area contributed by atoms with Crippen molar-refractivity contribution in [3.8, 4) is 0 Å². The van der Waals surface area contributed by atoms with Crippen LogP contribution < -0.4 is 0 Å². The average molecular weight is 275 g/mol. The van der Waals surface area contributed by atoms with Crippen molar-refractivity contribution in [3.05, 3.63) is 35.2 Å². The van der Waals surface area contributed by atoms with E-state index in [0.717, 1.165) is 32.5 Å². The van der Waals surface area contributed by atoms with Gasteiger partial charge in [0.05, 0.1) is 5.92 Å².